The van der Waals surface area contributed by atoms with Gasteiger partial charge in [-0.3, -0.25) is 14.9 Å². The lowest BCUT2D eigenvalue weighted by atomic mass is 9.72. The summed E-state index contributed by atoms with van der Waals surface area (Å²) in [6.45, 7) is 15.2. The summed E-state index contributed by atoms with van der Waals surface area (Å²) < 4.78 is 0. The Balaban J connectivity index is 2.61. The Labute approximate surface area is 154 Å². The largest absolute Gasteiger partial charge is 0.481 e. The first-order valence-corrected chi connectivity index (χ1v) is 8.81. The minimum atomic E-state index is -1.01. The molecule has 1 aromatic heterocycles. The quantitative estimate of drug-likeness (QED) is 0.546. The molecule has 0 aliphatic rings. The molecular formula is C18H31N5O3. The molecule has 0 aromatic carbocycles. The lowest BCUT2D eigenvalue weighted by Crippen LogP contribution is -2.26. The number of aliphatic carboxylic acids is 1. The lowest BCUT2D eigenvalue weighted by molar-refractivity contribution is -0.140. The van der Waals surface area contributed by atoms with E-state index in [1.54, 1.807) is 0 Å². The van der Waals surface area contributed by atoms with Crippen molar-refractivity contribution in [3.8, 4) is 0 Å². The molecule has 0 aliphatic heterocycles. The van der Waals surface area contributed by atoms with Crippen LogP contribution in [0.15, 0.2) is 12.2 Å². The van der Waals surface area contributed by atoms with Crippen molar-refractivity contribution in [2.24, 2.45) is 16.7 Å². The van der Waals surface area contributed by atoms with Gasteiger partial charge in [0.05, 0.1) is 6.42 Å². The van der Waals surface area contributed by atoms with Crippen molar-refractivity contribution in [3.05, 3.63) is 12.2 Å². The molecule has 3 N–H and O–H groups in total. The van der Waals surface area contributed by atoms with E-state index in [2.05, 4.69) is 67.1 Å². The number of aromatic amines is 1. The number of amides is 1. The summed E-state index contributed by atoms with van der Waals surface area (Å²) >= 11 is 0. The summed E-state index contributed by atoms with van der Waals surface area (Å²) in [5.74, 6) is -1.98. The number of tetrazole rings is 1. The Hall–Kier alpha value is -2.25. The van der Waals surface area contributed by atoms with Gasteiger partial charge in [-0.1, -0.05) is 51.9 Å². The highest BCUT2D eigenvalue weighted by atomic mass is 16.4. The third-order valence-corrected chi connectivity index (χ3v) is 3.96. The summed E-state index contributed by atoms with van der Waals surface area (Å²) in [4.78, 5) is 23.4. The molecular weight excluding hydrogens is 334 g/mol. The third kappa shape index (κ3) is 8.73. The number of nitrogens with zero attached hydrogens (tertiary/aromatic N) is 3. The fourth-order valence-electron chi connectivity index (χ4n) is 3.61. The van der Waals surface area contributed by atoms with Gasteiger partial charge in [-0.2, -0.15) is 0 Å². The number of carboxylic acids is 1. The van der Waals surface area contributed by atoms with Crippen molar-refractivity contribution in [3.63, 3.8) is 0 Å². The first-order valence-electron chi connectivity index (χ1n) is 8.81. The van der Waals surface area contributed by atoms with Crippen LogP contribution in [0.5, 0.6) is 0 Å². The Morgan fingerprint density at radius 3 is 2.42 bits per heavy atom. The van der Waals surface area contributed by atoms with Crippen LogP contribution >= 0.6 is 0 Å². The van der Waals surface area contributed by atoms with Gasteiger partial charge in [-0.15, -0.1) is 0 Å². The maximum Gasteiger partial charge on any atom is 0.304 e. The molecule has 0 saturated heterocycles. The van der Waals surface area contributed by atoms with Crippen LogP contribution in [0, 0.1) is 16.7 Å². The number of anilines is 1. The molecule has 1 amide bonds. The predicted molar refractivity (Wildman–Crippen MR) is 99.4 cm³/mol. The van der Waals surface area contributed by atoms with Crippen LogP contribution in [-0.2, 0) is 9.59 Å². The summed E-state index contributed by atoms with van der Waals surface area (Å²) in [7, 11) is 0. The molecule has 1 atom stereocenters. The number of hydrogen-bond acceptors (Lipinski definition) is 5. The van der Waals surface area contributed by atoms with E-state index in [1.807, 2.05) is 0 Å². The van der Waals surface area contributed by atoms with E-state index in [1.165, 1.54) is 0 Å². The second-order valence-electron chi connectivity index (χ2n) is 8.90. The molecule has 26 heavy (non-hydrogen) atoms. The zero-order valence-electron chi connectivity index (χ0n) is 16.4. The average Bonchev–Trinajstić information content (AvgIpc) is 2.92. The number of H-pyrrole nitrogens is 1. The Morgan fingerprint density at radius 1 is 1.27 bits per heavy atom. The normalized spacial score (nSPS) is 13.3. The van der Waals surface area contributed by atoms with E-state index in [9.17, 15) is 9.59 Å². The van der Waals surface area contributed by atoms with E-state index in [0.717, 1.165) is 18.4 Å². The van der Waals surface area contributed by atoms with Crippen molar-refractivity contribution >= 4 is 17.8 Å². The monoisotopic (exact) mass is 365 g/mol. The molecule has 0 fully saturated rings. The van der Waals surface area contributed by atoms with E-state index >= 15 is 0 Å². The van der Waals surface area contributed by atoms with Crippen molar-refractivity contribution in [1.82, 2.24) is 20.6 Å². The maximum atomic E-state index is 12.3. The summed E-state index contributed by atoms with van der Waals surface area (Å²) in [5.41, 5.74) is 1.36. The fourth-order valence-corrected chi connectivity index (χ4v) is 3.61. The molecule has 0 radical (unpaired) electrons. The molecule has 1 rings (SSSR count). The molecule has 8 heteroatoms. The average molecular weight is 365 g/mol. The minimum Gasteiger partial charge on any atom is -0.481 e. The highest BCUT2D eigenvalue weighted by Gasteiger charge is 2.27. The standard InChI is InChI=1S/C18H31N5O3/c1-12(10-18(5,6)11-17(2,3)4)7-8-13(9-14(24)25)15(26)19-16-20-22-23-21-16/h13H,1,7-11H2,2-6H3,(H,24,25)(H2,19,20,21,22,23,26). The van der Waals surface area contributed by atoms with E-state index < -0.39 is 17.8 Å². The number of carboxylic acid groups (broad SMARTS) is 1. The molecule has 0 saturated carbocycles. The Morgan fingerprint density at radius 2 is 1.92 bits per heavy atom. The zero-order chi connectivity index (χ0) is 20.0. The lowest BCUT2D eigenvalue weighted by Gasteiger charge is -2.33. The van der Waals surface area contributed by atoms with Gasteiger partial charge in [0.25, 0.3) is 0 Å². The smallest absolute Gasteiger partial charge is 0.304 e. The number of carbonyl (C=O) groups excluding carboxylic acids is 1. The van der Waals surface area contributed by atoms with Gasteiger partial charge in [0.15, 0.2) is 0 Å². The first-order chi connectivity index (χ1) is 11.9. The van der Waals surface area contributed by atoms with Crippen molar-refractivity contribution in [2.45, 2.75) is 66.7 Å². The molecule has 1 heterocycles. The van der Waals surface area contributed by atoms with E-state index in [0.29, 0.717) is 12.8 Å². The number of aromatic nitrogens is 4. The predicted octanol–water partition coefficient (Wildman–Crippen LogP) is 3.42. The summed E-state index contributed by atoms with van der Waals surface area (Å²) in [5, 5.41) is 24.3. The van der Waals surface area contributed by atoms with E-state index in [-0.39, 0.29) is 23.2 Å². The van der Waals surface area contributed by atoms with Gasteiger partial charge in [0.2, 0.25) is 11.9 Å². The van der Waals surface area contributed by atoms with Crippen LogP contribution in [-0.4, -0.2) is 37.6 Å². The highest BCUT2D eigenvalue weighted by molar-refractivity contribution is 5.92. The summed E-state index contributed by atoms with van der Waals surface area (Å²) in [6.07, 6.45) is 2.68. The van der Waals surface area contributed by atoms with Gasteiger partial charge in [-0.25, -0.2) is 5.10 Å². The SMILES string of the molecule is C=C(CCC(CC(=O)O)C(=O)Nc1nnn[nH]1)CC(C)(C)CC(C)(C)C. The molecule has 0 aliphatic carbocycles. The zero-order valence-corrected chi connectivity index (χ0v) is 16.4. The molecule has 0 bridgehead atoms. The molecule has 0 spiro atoms. The van der Waals surface area contributed by atoms with Crippen LogP contribution in [0.1, 0.15) is 66.7 Å². The summed E-state index contributed by atoms with van der Waals surface area (Å²) in [6, 6.07) is 0. The molecule has 1 aromatic rings. The van der Waals surface area contributed by atoms with Crippen LogP contribution in [0.25, 0.3) is 0 Å². The van der Waals surface area contributed by atoms with Gasteiger partial charge < -0.3 is 5.11 Å². The van der Waals surface area contributed by atoms with Gasteiger partial charge in [0, 0.05) is 5.92 Å². The third-order valence-electron chi connectivity index (χ3n) is 3.96. The van der Waals surface area contributed by atoms with E-state index in [4.69, 9.17) is 5.11 Å². The first kappa shape index (κ1) is 21.8. The molecule has 8 nitrogen and oxygen atoms in total. The number of hydrogen-bond donors (Lipinski definition) is 3. The fraction of sp³-hybridized carbons (Fsp3) is 0.722. The van der Waals surface area contributed by atoms with Crippen LogP contribution in [0.2, 0.25) is 0 Å². The minimum absolute atomic E-state index is 0.103. The number of nitrogens with one attached hydrogen (secondary N) is 2. The topological polar surface area (TPSA) is 121 Å². The molecule has 1 unspecified atom stereocenters. The number of allylic oxidation sites excluding steroid dienone is 1. The second kappa shape index (κ2) is 8.91. The van der Waals surface area contributed by atoms with Gasteiger partial charge >= 0.3 is 5.97 Å². The van der Waals surface area contributed by atoms with Crippen LogP contribution in [0.3, 0.4) is 0 Å². The van der Waals surface area contributed by atoms with Gasteiger partial charge in [0.1, 0.15) is 0 Å². The number of carbonyl (C=O) groups is 2. The molecule has 146 valence electrons. The van der Waals surface area contributed by atoms with Crippen molar-refractivity contribution in [1.29, 1.82) is 0 Å². The maximum absolute atomic E-state index is 12.3. The Bertz CT molecular complexity index is 617. The Kier molecular flexibility index (Phi) is 7.47. The highest BCUT2D eigenvalue weighted by Crippen LogP contribution is 2.38. The van der Waals surface area contributed by atoms with Crippen LogP contribution < -0.4 is 5.32 Å². The van der Waals surface area contributed by atoms with Crippen molar-refractivity contribution in [2.75, 3.05) is 5.32 Å². The number of rotatable bonds is 10. The van der Waals surface area contributed by atoms with Gasteiger partial charge in [-0.05, 0) is 46.9 Å². The van der Waals surface area contributed by atoms with Crippen LogP contribution in [0.4, 0.5) is 5.95 Å². The second-order valence-corrected chi connectivity index (χ2v) is 8.90. The van der Waals surface area contributed by atoms with Crippen molar-refractivity contribution < 1.29 is 14.7 Å².